The van der Waals surface area contributed by atoms with Gasteiger partial charge in [0.15, 0.2) is 0 Å². The normalized spacial score (nSPS) is 29.5. The Labute approximate surface area is 121 Å². The van der Waals surface area contributed by atoms with Gasteiger partial charge in [-0.05, 0) is 24.7 Å². The SMILES string of the molecule is c1nc(CNC2CCCCC2C2CCCCC2)cs1. The van der Waals surface area contributed by atoms with Crippen LogP contribution >= 0.6 is 11.3 Å². The summed E-state index contributed by atoms with van der Waals surface area (Å²) in [7, 11) is 0. The summed E-state index contributed by atoms with van der Waals surface area (Å²) in [5.41, 5.74) is 3.16. The standard InChI is InChI=1S/C16H26N2S/c1-2-6-13(7-3-1)15-8-4-5-9-16(15)17-10-14-11-19-12-18-14/h11-13,15-17H,1-10H2. The number of nitrogens with one attached hydrogen (secondary N) is 1. The van der Waals surface area contributed by atoms with Crippen molar-refractivity contribution < 1.29 is 0 Å². The Morgan fingerprint density at radius 2 is 1.84 bits per heavy atom. The second-order valence-corrected chi connectivity index (χ2v) is 7.03. The maximum absolute atomic E-state index is 4.39. The molecule has 3 heteroatoms. The van der Waals surface area contributed by atoms with Crippen LogP contribution in [0.4, 0.5) is 0 Å². The largest absolute Gasteiger partial charge is 0.308 e. The summed E-state index contributed by atoms with van der Waals surface area (Å²) in [5.74, 6) is 1.94. The van der Waals surface area contributed by atoms with E-state index >= 15 is 0 Å². The number of aromatic nitrogens is 1. The molecule has 19 heavy (non-hydrogen) atoms. The molecule has 2 unspecified atom stereocenters. The zero-order chi connectivity index (χ0) is 12.9. The molecule has 1 N–H and O–H groups in total. The van der Waals surface area contributed by atoms with Gasteiger partial charge in [0.2, 0.25) is 0 Å². The Bertz CT molecular complexity index is 357. The number of nitrogens with zero attached hydrogens (tertiary/aromatic N) is 1. The number of hydrogen-bond donors (Lipinski definition) is 1. The van der Waals surface area contributed by atoms with Crippen LogP contribution in [0, 0.1) is 11.8 Å². The summed E-state index contributed by atoms with van der Waals surface area (Å²) in [4.78, 5) is 4.39. The summed E-state index contributed by atoms with van der Waals surface area (Å²) in [6, 6.07) is 0.749. The molecule has 0 aromatic carbocycles. The van der Waals surface area contributed by atoms with Crippen molar-refractivity contribution in [2.45, 2.75) is 70.4 Å². The van der Waals surface area contributed by atoms with E-state index in [0.29, 0.717) is 0 Å². The predicted molar refractivity (Wildman–Crippen MR) is 81.3 cm³/mol. The highest BCUT2D eigenvalue weighted by atomic mass is 32.1. The van der Waals surface area contributed by atoms with Gasteiger partial charge in [-0.3, -0.25) is 0 Å². The van der Waals surface area contributed by atoms with Gasteiger partial charge in [0.1, 0.15) is 0 Å². The van der Waals surface area contributed by atoms with Gasteiger partial charge in [-0.15, -0.1) is 11.3 Å². The second kappa shape index (κ2) is 6.85. The molecule has 1 aromatic rings. The van der Waals surface area contributed by atoms with E-state index in [9.17, 15) is 0 Å². The van der Waals surface area contributed by atoms with Crippen molar-refractivity contribution in [2.24, 2.45) is 11.8 Å². The third-order valence-corrected chi connectivity index (χ3v) is 5.74. The van der Waals surface area contributed by atoms with E-state index in [2.05, 4.69) is 15.7 Å². The summed E-state index contributed by atoms with van der Waals surface area (Å²) in [5, 5.41) is 5.99. The maximum atomic E-state index is 4.39. The quantitative estimate of drug-likeness (QED) is 0.884. The minimum atomic E-state index is 0.749. The molecule has 0 saturated heterocycles. The van der Waals surface area contributed by atoms with Crippen LogP contribution in [0.5, 0.6) is 0 Å². The van der Waals surface area contributed by atoms with E-state index in [1.807, 2.05) is 5.51 Å². The van der Waals surface area contributed by atoms with Gasteiger partial charge < -0.3 is 5.32 Å². The molecule has 2 nitrogen and oxygen atoms in total. The molecule has 2 atom stereocenters. The molecule has 0 bridgehead atoms. The smallest absolute Gasteiger partial charge is 0.0795 e. The van der Waals surface area contributed by atoms with E-state index in [1.165, 1.54) is 63.5 Å². The highest BCUT2D eigenvalue weighted by Crippen LogP contribution is 2.38. The summed E-state index contributed by atoms with van der Waals surface area (Å²) >= 11 is 1.70. The molecule has 1 aromatic heterocycles. The monoisotopic (exact) mass is 278 g/mol. The van der Waals surface area contributed by atoms with Crippen molar-refractivity contribution in [1.82, 2.24) is 10.3 Å². The molecule has 2 fully saturated rings. The van der Waals surface area contributed by atoms with E-state index in [0.717, 1.165) is 24.4 Å². The molecule has 0 amide bonds. The topological polar surface area (TPSA) is 24.9 Å². The van der Waals surface area contributed by atoms with Crippen LogP contribution in [-0.2, 0) is 6.54 Å². The molecule has 2 saturated carbocycles. The van der Waals surface area contributed by atoms with Crippen molar-refractivity contribution in [2.75, 3.05) is 0 Å². The average molecular weight is 278 g/mol. The fourth-order valence-corrected chi connectivity index (χ4v) is 4.66. The van der Waals surface area contributed by atoms with E-state index in [1.54, 1.807) is 11.3 Å². The lowest BCUT2D eigenvalue weighted by molar-refractivity contribution is 0.149. The Kier molecular flexibility index (Phi) is 4.89. The molecule has 0 aliphatic heterocycles. The van der Waals surface area contributed by atoms with Crippen molar-refractivity contribution in [1.29, 1.82) is 0 Å². The van der Waals surface area contributed by atoms with Crippen molar-refractivity contribution >= 4 is 11.3 Å². The van der Waals surface area contributed by atoms with Crippen LogP contribution in [0.1, 0.15) is 63.5 Å². The van der Waals surface area contributed by atoms with Crippen LogP contribution in [0.3, 0.4) is 0 Å². The summed E-state index contributed by atoms with van der Waals surface area (Å²) in [6.45, 7) is 0.970. The first-order chi connectivity index (χ1) is 9.43. The van der Waals surface area contributed by atoms with Gasteiger partial charge in [-0.1, -0.05) is 44.9 Å². The molecule has 0 spiro atoms. The molecule has 106 valence electrons. The van der Waals surface area contributed by atoms with Gasteiger partial charge in [0.25, 0.3) is 0 Å². The number of thiazole rings is 1. The third-order valence-electron chi connectivity index (χ3n) is 5.10. The first kappa shape index (κ1) is 13.6. The lowest BCUT2D eigenvalue weighted by Crippen LogP contribution is -2.42. The van der Waals surface area contributed by atoms with Crippen LogP contribution in [0.25, 0.3) is 0 Å². The van der Waals surface area contributed by atoms with Crippen LogP contribution in [0.15, 0.2) is 10.9 Å². The average Bonchev–Trinajstić information content (AvgIpc) is 3.00. The fraction of sp³-hybridized carbons (Fsp3) is 0.812. The zero-order valence-electron chi connectivity index (χ0n) is 11.8. The Balaban J connectivity index is 1.56. The number of hydrogen-bond acceptors (Lipinski definition) is 3. The molecule has 3 rings (SSSR count). The lowest BCUT2D eigenvalue weighted by atomic mass is 9.71. The molecule has 0 radical (unpaired) electrons. The third kappa shape index (κ3) is 3.57. The van der Waals surface area contributed by atoms with Gasteiger partial charge in [-0.2, -0.15) is 0 Å². The van der Waals surface area contributed by atoms with Gasteiger partial charge in [-0.25, -0.2) is 4.98 Å². The molecular weight excluding hydrogens is 252 g/mol. The maximum Gasteiger partial charge on any atom is 0.0795 e. The molecule has 2 aliphatic carbocycles. The van der Waals surface area contributed by atoms with Crippen LogP contribution < -0.4 is 5.32 Å². The molecule has 1 heterocycles. The Hall–Kier alpha value is -0.410. The van der Waals surface area contributed by atoms with Gasteiger partial charge >= 0.3 is 0 Å². The predicted octanol–water partition coefficient (Wildman–Crippen LogP) is 4.37. The van der Waals surface area contributed by atoms with Gasteiger partial charge in [0.05, 0.1) is 11.2 Å². The first-order valence-corrected chi connectivity index (χ1v) is 8.98. The molecular formula is C16H26N2S. The van der Waals surface area contributed by atoms with E-state index in [4.69, 9.17) is 0 Å². The first-order valence-electron chi connectivity index (χ1n) is 8.04. The minimum absolute atomic E-state index is 0.749. The summed E-state index contributed by atoms with van der Waals surface area (Å²) in [6.07, 6.45) is 13.1. The van der Waals surface area contributed by atoms with Crippen molar-refractivity contribution in [3.05, 3.63) is 16.6 Å². The highest BCUT2D eigenvalue weighted by molar-refractivity contribution is 7.07. The van der Waals surface area contributed by atoms with E-state index < -0.39 is 0 Å². The van der Waals surface area contributed by atoms with Crippen molar-refractivity contribution in [3.63, 3.8) is 0 Å². The zero-order valence-corrected chi connectivity index (χ0v) is 12.6. The Morgan fingerprint density at radius 3 is 2.63 bits per heavy atom. The van der Waals surface area contributed by atoms with Crippen molar-refractivity contribution in [3.8, 4) is 0 Å². The second-order valence-electron chi connectivity index (χ2n) is 6.31. The molecule has 2 aliphatic rings. The summed E-state index contributed by atoms with van der Waals surface area (Å²) < 4.78 is 0. The highest BCUT2D eigenvalue weighted by Gasteiger charge is 2.32. The number of rotatable bonds is 4. The van der Waals surface area contributed by atoms with Gasteiger partial charge in [0, 0.05) is 18.0 Å². The van der Waals surface area contributed by atoms with Crippen LogP contribution in [0.2, 0.25) is 0 Å². The lowest BCUT2D eigenvalue weighted by Gasteiger charge is -2.39. The minimum Gasteiger partial charge on any atom is -0.308 e. The Morgan fingerprint density at radius 1 is 1.05 bits per heavy atom. The van der Waals surface area contributed by atoms with E-state index in [-0.39, 0.29) is 0 Å². The fourth-order valence-electron chi connectivity index (χ4n) is 4.10. The van der Waals surface area contributed by atoms with Crippen LogP contribution in [-0.4, -0.2) is 11.0 Å².